The van der Waals surface area contributed by atoms with Gasteiger partial charge < -0.3 is 5.32 Å². The average Bonchev–Trinajstić information content (AvgIpc) is 2.60. The van der Waals surface area contributed by atoms with Gasteiger partial charge in [-0.1, -0.05) is 29.3 Å². The molecule has 0 radical (unpaired) electrons. The van der Waals surface area contributed by atoms with Gasteiger partial charge in [-0.25, -0.2) is 4.98 Å². The predicted octanol–water partition coefficient (Wildman–Crippen LogP) is 3.31. The molecule has 1 fully saturated rings. The maximum absolute atomic E-state index is 13.1. The van der Waals surface area contributed by atoms with Crippen LogP contribution in [0.1, 0.15) is 45.5 Å². The van der Waals surface area contributed by atoms with Crippen LogP contribution in [-0.4, -0.2) is 40.1 Å². The van der Waals surface area contributed by atoms with Crippen molar-refractivity contribution in [3.8, 4) is 0 Å². The molecular weight excluding hydrogens is 380 g/mol. The highest BCUT2D eigenvalue weighted by Gasteiger charge is 2.28. The fourth-order valence-electron chi connectivity index (χ4n) is 3.76. The molecule has 0 spiro atoms. The molecule has 1 aromatic heterocycles. The molecule has 3 rings (SSSR count). The smallest absolute Gasteiger partial charge is 0.261 e. The highest BCUT2D eigenvalue weighted by Crippen LogP contribution is 2.27. The molecule has 2 aromatic rings. The van der Waals surface area contributed by atoms with E-state index in [-0.39, 0.29) is 11.6 Å². The Morgan fingerprint density at radius 2 is 2.20 bits per heavy atom. The molecule has 5 nitrogen and oxygen atoms in total. The Labute approximate surface area is 157 Å². The summed E-state index contributed by atoms with van der Waals surface area (Å²) < 4.78 is 2.78. The summed E-state index contributed by atoms with van der Waals surface area (Å²) in [5, 5.41) is 4.18. The maximum atomic E-state index is 13.1. The van der Waals surface area contributed by atoms with E-state index < -0.39 is 0 Å². The Morgan fingerprint density at radius 1 is 1.40 bits per heavy atom. The normalized spacial score (nSPS) is 20.1. The monoisotopic (exact) mass is 406 g/mol. The number of piperazine rings is 1. The first-order chi connectivity index (χ1) is 12.0. The van der Waals surface area contributed by atoms with Crippen LogP contribution in [-0.2, 0) is 6.54 Å². The number of nitrogens with one attached hydrogen (secondary N) is 1. The van der Waals surface area contributed by atoms with Gasteiger partial charge in [0, 0.05) is 36.7 Å². The second-order valence-electron chi connectivity index (χ2n) is 6.84. The van der Waals surface area contributed by atoms with Crippen LogP contribution in [0.3, 0.4) is 0 Å². The van der Waals surface area contributed by atoms with E-state index in [0.29, 0.717) is 18.0 Å². The van der Waals surface area contributed by atoms with Crippen LogP contribution in [0.15, 0.2) is 27.5 Å². The fraction of sp³-hybridized carbons (Fsp3) is 0.579. The highest BCUT2D eigenvalue weighted by atomic mass is 79.9. The van der Waals surface area contributed by atoms with Crippen LogP contribution in [0.2, 0.25) is 0 Å². The molecule has 6 heteroatoms. The van der Waals surface area contributed by atoms with Gasteiger partial charge in [-0.15, -0.1) is 0 Å². The lowest BCUT2D eigenvalue weighted by Gasteiger charge is -2.38. The van der Waals surface area contributed by atoms with Crippen molar-refractivity contribution in [3.63, 3.8) is 0 Å². The summed E-state index contributed by atoms with van der Waals surface area (Å²) in [6.45, 7) is 10.1. The first-order valence-corrected chi connectivity index (χ1v) is 10.0. The molecule has 136 valence electrons. The molecule has 25 heavy (non-hydrogen) atoms. The molecule has 1 aliphatic rings. The van der Waals surface area contributed by atoms with Crippen molar-refractivity contribution in [1.82, 2.24) is 19.8 Å². The number of benzene rings is 1. The second kappa shape index (κ2) is 7.98. The van der Waals surface area contributed by atoms with E-state index in [1.54, 1.807) is 0 Å². The Bertz CT molecular complexity index is 804. The number of hydrogen-bond acceptors (Lipinski definition) is 4. The van der Waals surface area contributed by atoms with Crippen molar-refractivity contribution < 1.29 is 0 Å². The first kappa shape index (κ1) is 18.5. The van der Waals surface area contributed by atoms with E-state index >= 15 is 0 Å². The third kappa shape index (κ3) is 3.81. The number of halogens is 1. The molecule has 2 heterocycles. The SMILES string of the molecule is CCC[C@@H](c1nc2ccc(Br)cc2c(=O)n1CC)N1CCN[C@@H](C)C1. The van der Waals surface area contributed by atoms with Crippen LogP contribution in [0, 0.1) is 0 Å². The molecular formula is C19H27BrN4O. The van der Waals surface area contributed by atoms with Crippen molar-refractivity contribution in [2.45, 2.75) is 52.2 Å². The number of aromatic nitrogens is 2. The number of hydrogen-bond donors (Lipinski definition) is 1. The van der Waals surface area contributed by atoms with Crippen molar-refractivity contribution >= 4 is 26.8 Å². The Kier molecular flexibility index (Phi) is 5.92. The van der Waals surface area contributed by atoms with Crippen molar-refractivity contribution in [3.05, 3.63) is 38.9 Å². The van der Waals surface area contributed by atoms with Crippen molar-refractivity contribution in [2.24, 2.45) is 0 Å². The van der Waals surface area contributed by atoms with Gasteiger partial charge in [0.15, 0.2) is 0 Å². The van der Waals surface area contributed by atoms with Crippen molar-refractivity contribution in [1.29, 1.82) is 0 Å². The zero-order valence-corrected chi connectivity index (χ0v) is 16.8. The van der Waals surface area contributed by atoms with E-state index in [9.17, 15) is 4.79 Å². The van der Waals surface area contributed by atoms with Gasteiger partial charge in [-0.2, -0.15) is 0 Å². The maximum Gasteiger partial charge on any atom is 0.261 e. The standard InChI is InChI=1S/C19H27BrN4O/c1-4-6-17(23-10-9-21-13(3)12-23)18-22-16-8-7-14(20)11-15(16)19(25)24(18)5-2/h7-8,11,13,17,21H,4-6,9-10,12H2,1-3H3/t13-,17-/m0/s1. The molecule has 0 bridgehead atoms. The number of fused-ring (bicyclic) bond motifs is 1. The minimum atomic E-state index is 0.0630. The van der Waals surface area contributed by atoms with E-state index in [2.05, 4.69) is 40.0 Å². The zero-order chi connectivity index (χ0) is 18.0. The Hall–Kier alpha value is -1.24. The average molecular weight is 407 g/mol. The van der Waals surface area contributed by atoms with E-state index in [0.717, 1.165) is 48.3 Å². The molecule has 0 amide bonds. The molecule has 1 aromatic carbocycles. The summed E-state index contributed by atoms with van der Waals surface area (Å²) in [5.74, 6) is 0.915. The van der Waals surface area contributed by atoms with Crippen LogP contribution >= 0.6 is 15.9 Å². The molecule has 1 aliphatic heterocycles. The summed E-state index contributed by atoms with van der Waals surface area (Å²) in [6.07, 6.45) is 2.09. The van der Waals surface area contributed by atoms with Crippen LogP contribution < -0.4 is 10.9 Å². The zero-order valence-electron chi connectivity index (χ0n) is 15.3. The highest BCUT2D eigenvalue weighted by molar-refractivity contribution is 9.10. The van der Waals surface area contributed by atoms with Crippen LogP contribution in [0.4, 0.5) is 0 Å². The van der Waals surface area contributed by atoms with Gasteiger partial charge in [-0.3, -0.25) is 14.3 Å². The molecule has 0 saturated carbocycles. The van der Waals surface area contributed by atoms with Gasteiger partial charge in [0.05, 0.1) is 16.9 Å². The van der Waals surface area contributed by atoms with Crippen molar-refractivity contribution in [2.75, 3.05) is 19.6 Å². The molecule has 0 unspecified atom stereocenters. The lowest BCUT2D eigenvalue weighted by Crippen LogP contribution is -2.51. The van der Waals surface area contributed by atoms with Gasteiger partial charge in [0.25, 0.3) is 5.56 Å². The minimum absolute atomic E-state index is 0.0630. The molecule has 0 aliphatic carbocycles. The minimum Gasteiger partial charge on any atom is -0.312 e. The Balaban J connectivity index is 2.13. The largest absolute Gasteiger partial charge is 0.312 e. The lowest BCUT2D eigenvalue weighted by atomic mass is 10.1. The predicted molar refractivity (Wildman–Crippen MR) is 106 cm³/mol. The van der Waals surface area contributed by atoms with Gasteiger partial charge in [0.2, 0.25) is 0 Å². The topological polar surface area (TPSA) is 50.2 Å². The molecule has 1 saturated heterocycles. The number of nitrogens with zero attached hydrogens (tertiary/aromatic N) is 3. The summed E-state index contributed by atoms with van der Waals surface area (Å²) in [5.41, 5.74) is 0.852. The molecule has 1 N–H and O–H groups in total. The van der Waals surface area contributed by atoms with Gasteiger partial charge in [0.1, 0.15) is 5.82 Å². The lowest BCUT2D eigenvalue weighted by molar-refractivity contribution is 0.132. The summed E-state index contributed by atoms with van der Waals surface area (Å²) in [4.78, 5) is 20.5. The third-order valence-corrected chi connectivity index (χ3v) is 5.46. The molecule has 2 atom stereocenters. The van der Waals surface area contributed by atoms with Gasteiger partial charge in [-0.05, 0) is 38.5 Å². The van der Waals surface area contributed by atoms with Crippen LogP contribution in [0.25, 0.3) is 10.9 Å². The quantitative estimate of drug-likeness (QED) is 0.827. The second-order valence-corrected chi connectivity index (χ2v) is 7.75. The van der Waals surface area contributed by atoms with E-state index in [4.69, 9.17) is 4.98 Å². The fourth-order valence-corrected chi connectivity index (χ4v) is 4.12. The summed E-state index contributed by atoms with van der Waals surface area (Å²) >= 11 is 3.46. The van der Waals surface area contributed by atoms with E-state index in [1.165, 1.54) is 0 Å². The number of rotatable bonds is 5. The Morgan fingerprint density at radius 3 is 2.88 bits per heavy atom. The summed E-state index contributed by atoms with van der Waals surface area (Å²) in [6, 6.07) is 6.42. The van der Waals surface area contributed by atoms with Crippen LogP contribution in [0.5, 0.6) is 0 Å². The summed E-state index contributed by atoms with van der Waals surface area (Å²) in [7, 11) is 0. The van der Waals surface area contributed by atoms with E-state index in [1.807, 2.05) is 29.7 Å². The third-order valence-electron chi connectivity index (χ3n) is 4.96. The van der Waals surface area contributed by atoms with Gasteiger partial charge >= 0.3 is 0 Å². The first-order valence-electron chi connectivity index (χ1n) is 9.22.